The third kappa shape index (κ3) is 3.08. The van der Waals surface area contributed by atoms with Gasteiger partial charge in [0.05, 0.1) is 0 Å². The lowest BCUT2D eigenvalue weighted by Gasteiger charge is -2.23. The van der Waals surface area contributed by atoms with Crippen LogP contribution in [0.3, 0.4) is 0 Å². The highest BCUT2D eigenvalue weighted by Crippen LogP contribution is 2.36. The average Bonchev–Trinajstić information content (AvgIpc) is 2.92. The Hall–Kier alpha value is -1.52. The molecule has 2 amide bonds. The van der Waals surface area contributed by atoms with Gasteiger partial charge in [0, 0.05) is 38.4 Å². The number of carbonyl (C=O) groups is 1. The third-order valence-corrected chi connectivity index (χ3v) is 4.40. The van der Waals surface area contributed by atoms with E-state index in [2.05, 4.69) is 27.1 Å². The minimum absolute atomic E-state index is 0.0204. The van der Waals surface area contributed by atoms with Crippen molar-refractivity contribution in [1.82, 2.24) is 20.2 Å². The van der Waals surface area contributed by atoms with Crippen LogP contribution in [0, 0.1) is 17.8 Å². The summed E-state index contributed by atoms with van der Waals surface area (Å²) in [6, 6.07) is -0.0204. The van der Waals surface area contributed by atoms with E-state index in [1.165, 1.54) is 6.42 Å². The lowest BCUT2D eigenvalue weighted by Crippen LogP contribution is -2.40. The zero-order valence-corrected chi connectivity index (χ0v) is 11.4. The van der Waals surface area contributed by atoms with Crippen molar-refractivity contribution in [2.75, 3.05) is 13.1 Å². The summed E-state index contributed by atoms with van der Waals surface area (Å²) in [4.78, 5) is 16.0. The normalized spacial score (nSPS) is 28.6. The van der Waals surface area contributed by atoms with Gasteiger partial charge in [-0.15, -0.1) is 0 Å². The van der Waals surface area contributed by atoms with Gasteiger partial charge in [0.25, 0.3) is 0 Å². The summed E-state index contributed by atoms with van der Waals surface area (Å²) in [5.74, 6) is 3.15. The summed E-state index contributed by atoms with van der Waals surface area (Å²) < 4.78 is 2.20. The SMILES string of the molecule is C[C@@H]1C[C@H]1CNC(=O)NC[C@H]1CCn2ccnc2C1. The molecule has 1 aromatic rings. The third-order valence-electron chi connectivity index (χ3n) is 4.40. The van der Waals surface area contributed by atoms with Gasteiger partial charge in [0.1, 0.15) is 5.82 Å². The van der Waals surface area contributed by atoms with Crippen molar-refractivity contribution < 1.29 is 4.79 Å². The molecule has 3 atom stereocenters. The number of hydrogen-bond acceptors (Lipinski definition) is 2. The number of fused-ring (bicyclic) bond motifs is 1. The van der Waals surface area contributed by atoms with Gasteiger partial charge >= 0.3 is 6.03 Å². The molecule has 3 rings (SSSR count). The number of nitrogens with zero attached hydrogens (tertiary/aromatic N) is 2. The van der Waals surface area contributed by atoms with Gasteiger partial charge < -0.3 is 15.2 Å². The number of hydrogen-bond donors (Lipinski definition) is 2. The Morgan fingerprint density at radius 2 is 2.26 bits per heavy atom. The topological polar surface area (TPSA) is 59.0 Å². The number of nitrogens with one attached hydrogen (secondary N) is 2. The van der Waals surface area contributed by atoms with Crippen LogP contribution < -0.4 is 10.6 Å². The maximum absolute atomic E-state index is 11.7. The maximum Gasteiger partial charge on any atom is 0.314 e. The average molecular weight is 262 g/mol. The van der Waals surface area contributed by atoms with Crippen molar-refractivity contribution in [3.8, 4) is 0 Å². The number of aryl methyl sites for hydroxylation is 1. The molecule has 1 saturated carbocycles. The number of carbonyl (C=O) groups excluding carboxylic acids is 1. The second-order valence-electron chi connectivity index (χ2n) is 5.96. The van der Waals surface area contributed by atoms with E-state index in [1.807, 2.05) is 12.4 Å². The summed E-state index contributed by atoms with van der Waals surface area (Å²) in [6.07, 6.45) is 7.22. The van der Waals surface area contributed by atoms with E-state index >= 15 is 0 Å². The molecule has 1 fully saturated rings. The Balaban J connectivity index is 1.37. The number of urea groups is 1. The van der Waals surface area contributed by atoms with Crippen molar-refractivity contribution in [1.29, 1.82) is 0 Å². The largest absolute Gasteiger partial charge is 0.338 e. The first kappa shape index (κ1) is 12.5. The van der Waals surface area contributed by atoms with E-state index in [-0.39, 0.29) is 6.03 Å². The Labute approximate surface area is 113 Å². The van der Waals surface area contributed by atoms with E-state index in [9.17, 15) is 4.79 Å². The fourth-order valence-corrected chi connectivity index (χ4v) is 2.80. The summed E-state index contributed by atoms with van der Waals surface area (Å²) in [7, 11) is 0. The Morgan fingerprint density at radius 3 is 3.05 bits per heavy atom. The van der Waals surface area contributed by atoms with Crippen molar-refractivity contribution in [3.05, 3.63) is 18.2 Å². The Kier molecular flexibility index (Phi) is 3.44. The van der Waals surface area contributed by atoms with E-state index in [4.69, 9.17) is 0 Å². The second-order valence-corrected chi connectivity index (χ2v) is 5.96. The summed E-state index contributed by atoms with van der Waals surface area (Å²) in [5.41, 5.74) is 0. The molecule has 104 valence electrons. The Morgan fingerprint density at radius 1 is 1.47 bits per heavy atom. The molecule has 5 nitrogen and oxygen atoms in total. The van der Waals surface area contributed by atoms with Gasteiger partial charge in [-0.05, 0) is 30.6 Å². The monoisotopic (exact) mass is 262 g/mol. The molecule has 0 spiro atoms. The van der Waals surface area contributed by atoms with Crippen LogP contribution in [-0.2, 0) is 13.0 Å². The van der Waals surface area contributed by atoms with Crippen LogP contribution in [0.1, 0.15) is 25.6 Å². The van der Waals surface area contributed by atoms with Gasteiger partial charge in [-0.2, -0.15) is 0 Å². The van der Waals surface area contributed by atoms with Crippen LogP contribution in [0.2, 0.25) is 0 Å². The summed E-state index contributed by atoms with van der Waals surface area (Å²) in [6.45, 7) is 4.82. The molecule has 2 aliphatic rings. The van der Waals surface area contributed by atoms with Crippen LogP contribution in [0.15, 0.2) is 12.4 Å². The molecule has 2 heterocycles. The van der Waals surface area contributed by atoms with Crippen molar-refractivity contribution in [3.63, 3.8) is 0 Å². The standard InChI is InChI=1S/C14H22N4O/c1-10-6-12(10)9-17-14(19)16-8-11-2-4-18-5-3-15-13(18)7-11/h3,5,10-12H,2,4,6-9H2,1H3,(H2,16,17,19)/t10-,11+,12+/m1/s1. The quantitative estimate of drug-likeness (QED) is 0.861. The first-order valence-electron chi connectivity index (χ1n) is 7.24. The van der Waals surface area contributed by atoms with E-state index in [0.29, 0.717) is 11.8 Å². The lowest BCUT2D eigenvalue weighted by molar-refractivity contribution is 0.236. The number of imidazole rings is 1. The van der Waals surface area contributed by atoms with Crippen molar-refractivity contribution in [2.45, 2.75) is 32.7 Å². The van der Waals surface area contributed by atoms with Gasteiger partial charge in [0.15, 0.2) is 0 Å². The molecule has 5 heteroatoms. The van der Waals surface area contributed by atoms with E-state index < -0.39 is 0 Å². The van der Waals surface area contributed by atoms with Gasteiger partial charge in [-0.25, -0.2) is 9.78 Å². The van der Waals surface area contributed by atoms with Crippen LogP contribution in [0.25, 0.3) is 0 Å². The molecule has 0 saturated heterocycles. The van der Waals surface area contributed by atoms with E-state index in [0.717, 1.165) is 44.2 Å². The van der Waals surface area contributed by atoms with Crippen LogP contribution in [0.4, 0.5) is 4.79 Å². The molecule has 1 aromatic heterocycles. The molecular formula is C14H22N4O. The Bertz CT molecular complexity index is 456. The molecule has 0 radical (unpaired) electrons. The maximum atomic E-state index is 11.7. The molecule has 1 aliphatic heterocycles. The molecular weight excluding hydrogens is 240 g/mol. The van der Waals surface area contributed by atoms with Crippen LogP contribution >= 0.6 is 0 Å². The predicted octanol–water partition coefficient (Wildman–Crippen LogP) is 1.40. The molecule has 0 aromatic carbocycles. The van der Waals surface area contributed by atoms with Gasteiger partial charge in [-0.1, -0.05) is 6.92 Å². The minimum Gasteiger partial charge on any atom is -0.338 e. The summed E-state index contributed by atoms with van der Waals surface area (Å²) in [5, 5.41) is 5.94. The van der Waals surface area contributed by atoms with Gasteiger partial charge in [0.2, 0.25) is 0 Å². The highest BCUT2D eigenvalue weighted by molar-refractivity contribution is 5.73. The van der Waals surface area contributed by atoms with Crippen molar-refractivity contribution >= 4 is 6.03 Å². The fourth-order valence-electron chi connectivity index (χ4n) is 2.80. The second kappa shape index (κ2) is 5.23. The zero-order valence-electron chi connectivity index (χ0n) is 11.4. The molecule has 19 heavy (non-hydrogen) atoms. The molecule has 2 N–H and O–H groups in total. The first-order chi connectivity index (χ1) is 9.22. The summed E-state index contributed by atoms with van der Waals surface area (Å²) >= 11 is 0. The van der Waals surface area contributed by atoms with Gasteiger partial charge in [-0.3, -0.25) is 0 Å². The van der Waals surface area contributed by atoms with Crippen LogP contribution in [0.5, 0.6) is 0 Å². The molecule has 1 aliphatic carbocycles. The van der Waals surface area contributed by atoms with Crippen LogP contribution in [-0.4, -0.2) is 28.7 Å². The first-order valence-corrected chi connectivity index (χ1v) is 7.24. The minimum atomic E-state index is -0.0204. The highest BCUT2D eigenvalue weighted by Gasteiger charge is 2.32. The number of rotatable bonds is 4. The van der Waals surface area contributed by atoms with Crippen molar-refractivity contribution in [2.24, 2.45) is 17.8 Å². The predicted molar refractivity (Wildman–Crippen MR) is 72.7 cm³/mol. The van der Waals surface area contributed by atoms with E-state index in [1.54, 1.807) is 0 Å². The number of amides is 2. The highest BCUT2D eigenvalue weighted by atomic mass is 16.2. The number of aromatic nitrogens is 2. The zero-order chi connectivity index (χ0) is 13.2. The fraction of sp³-hybridized carbons (Fsp3) is 0.714. The smallest absolute Gasteiger partial charge is 0.314 e. The molecule has 0 bridgehead atoms. The molecule has 0 unspecified atom stereocenters. The lowest BCUT2D eigenvalue weighted by atomic mass is 9.98.